The lowest BCUT2D eigenvalue weighted by Gasteiger charge is -2.18. The average molecular weight is 373 g/mol. The van der Waals surface area contributed by atoms with Crippen molar-refractivity contribution >= 4 is 23.2 Å². The van der Waals surface area contributed by atoms with Gasteiger partial charge in [0.05, 0.1) is 21.1 Å². The lowest BCUT2D eigenvalue weighted by molar-refractivity contribution is -0.384. The predicted molar refractivity (Wildman–Crippen MR) is 85.3 cm³/mol. The minimum Gasteiger partial charge on any atom is -0.337 e. The summed E-state index contributed by atoms with van der Waals surface area (Å²) < 4.78 is 38.2. The van der Waals surface area contributed by atoms with Crippen molar-refractivity contribution in [2.75, 3.05) is 7.05 Å². The second-order valence-electron chi connectivity index (χ2n) is 5.28. The number of nitro benzene ring substituents is 1. The molecule has 0 saturated carbocycles. The number of halogens is 4. The lowest BCUT2D eigenvalue weighted by Crippen LogP contribution is -2.26. The van der Waals surface area contributed by atoms with Crippen LogP contribution in [0.5, 0.6) is 0 Å². The summed E-state index contributed by atoms with van der Waals surface area (Å²) in [5, 5.41) is 10.8. The second-order valence-corrected chi connectivity index (χ2v) is 5.69. The third-order valence-electron chi connectivity index (χ3n) is 3.41. The highest BCUT2D eigenvalue weighted by Crippen LogP contribution is 2.30. The zero-order valence-corrected chi connectivity index (χ0v) is 13.6. The topological polar surface area (TPSA) is 63.5 Å². The van der Waals surface area contributed by atoms with Crippen molar-refractivity contribution in [3.63, 3.8) is 0 Å². The monoisotopic (exact) mass is 372 g/mol. The summed E-state index contributed by atoms with van der Waals surface area (Å²) in [5.41, 5.74) is -0.947. The van der Waals surface area contributed by atoms with E-state index >= 15 is 0 Å². The van der Waals surface area contributed by atoms with Crippen molar-refractivity contribution in [1.29, 1.82) is 0 Å². The Labute approximate surface area is 145 Å². The molecule has 2 aromatic carbocycles. The molecule has 2 rings (SSSR count). The summed E-state index contributed by atoms with van der Waals surface area (Å²) >= 11 is 5.91. The van der Waals surface area contributed by atoms with Crippen LogP contribution in [0.2, 0.25) is 5.02 Å². The first kappa shape index (κ1) is 18.7. The number of amides is 1. The first-order valence-electron chi connectivity index (χ1n) is 6.95. The Morgan fingerprint density at radius 1 is 1.24 bits per heavy atom. The maximum atomic E-state index is 12.7. The molecule has 0 atom stereocenters. The van der Waals surface area contributed by atoms with Gasteiger partial charge in [0.2, 0.25) is 0 Å². The van der Waals surface area contributed by atoms with Gasteiger partial charge in [0.25, 0.3) is 11.6 Å². The van der Waals surface area contributed by atoms with Crippen LogP contribution in [-0.4, -0.2) is 22.8 Å². The zero-order chi connectivity index (χ0) is 18.8. The maximum Gasteiger partial charge on any atom is 0.416 e. The van der Waals surface area contributed by atoms with Crippen LogP contribution in [0, 0.1) is 10.1 Å². The van der Waals surface area contributed by atoms with E-state index in [1.807, 2.05) is 0 Å². The molecule has 25 heavy (non-hydrogen) atoms. The fourth-order valence-electron chi connectivity index (χ4n) is 2.19. The van der Waals surface area contributed by atoms with Crippen molar-refractivity contribution in [3.8, 4) is 0 Å². The number of hydrogen-bond acceptors (Lipinski definition) is 3. The molecule has 0 aromatic heterocycles. The number of benzene rings is 2. The molecule has 0 aliphatic heterocycles. The van der Waals surface area contributed by atoms with E-state index in [2.05, 4.69) is 0 Å². The second kappa shape index (κ2) is 7.10. The van der Waals surface area contributed by atoms with Crippen LogP contribution in [0.15, 0.2) is 42.5 Å². The SMILES string of the molecule is CN(Cc1cccc(C(F)(F)F)c1)C(=O)c1cc([N+](=O)[O-])ccc1Cl. The molecule has 0 radical (unpaired) electrons. The summed E-state index contributed by atoms with van der Waals surface area (Å²) in [6.45, 7) is -0.109. The van der Waals surface area contributed by atoms with Gasteiger partial charge in [0.15, 0.2) is 0 Å². The van der Waals surface area contributed by atoms with E-state index in [9.17, 15) is 28.1 Å². The molecule has 132 valence electrons. The molecule has 2 aromatic rings. The van der Waals surface area contributed by atoms with Crippen LogP contribution in [-0.2, 0) is 12.7 Å². The Balaban J connectivity index is 2.24. The molecule has 0 N–H and O–H groups in total. The fourth-order valence-corrected chi connectivity index (χ4v) is 2.39. The number of rotatable bonds is 4. The molecule has 9 heteroatoms. The van der Waals surface area contributed by atoms with Crippen molar-refractivity contribution in [1.82, 2.24) is 4.90 Å². The molecule has 0 bridgehead atoms. The highest BCUT2D eigenvalue weighted by atomic mass is 35.5. The van der Waals surface area contributed by atoms with Gasteiger partial charge in [-0.2, -0.15) is 13.2 Å². The summed E-state index contributed by atoms with van der Waals surface area (Å²) in [6.07, 6.45) is -4.48. The molecule has 1 amide bonds. The molecule has 0 aliphatic rings. The minimum absolute atomic E-state index is 0.0199. The maximum absolute atomic E-state index is 12.7. The highest BCUT2D eigenvalue weighted by Gasteiger charge is 2.30. The number of non-ortho nitro benzene ring substituents is 1. The van der Waals surface area contributed by atoms with Crippen LogP contribution >= 0.6 is 11.6 Å². The first-order chi connectivity index (χ1) is 11.6. The third kappa shape index (κ3) is 4.48. The summed E-state index contributed by atoms with van der Waals surface area (Å²) in [5.74, 6) is -0.633. The van der Waals surface area contributed by atoms with Crippen molar-refractivity contribution in [2.45, 2.75) is 12.7 Å². The van der Waals surface area contributed by atoms with Crippen LogP contribution in [0.3, 0.4) is 0 Å². The number of alkyl halides is 3. The van der Waals surface area contributed by atoms with Crippen molar-refractivity contribution in [3.05, 3.63) is 74.3 Å². The number of nitro groups is 1. The van der Waals surface area contributed by atoms with Crippen molar-refractivity contribution < 1.29 is 22.9 Å². The normalized spacial score (nSPS) is 11.2. The van der Waals surface area contributed by atoms with E-state index < -0.39 is 22.6 Å². The van der Waals surface area contributed by atoms with Gasteiger partial charge < -0.3 is 4.90 Å². The zero-order valence-electron chi connectivity index (χ0n) is 12.9. The van der Waals surface area contributed by atoms with E-state index in [1.54, 1.807) is 0 Å². The summed E-state index contributed by atoms with van der Waals surface area (Å²) in [4.78, 5) is 23.7. The van der Waals surface area contributed by atoms with E-state index in [0.29, 0.717) is 0 Å². The largest absolute Gasteiger partial charge is 0.416 e. The number of hydrogen-bond donors (Lipinski definition) is 0. The predicted octanol–water partition coefficient (Wildman–Crippen LogP) is 4.54. The molecule has 0 unspecified atom stereocenters. The van der Waals surface area contributed by atoms with Gasteiger partial charge >= 0.3 is 6.18 Å². The standard InChI is InChI=1S/C16H12ClF3N2O3/c1-21(9-10-3-2-4-11(7-10)16(18,19)20)15(23)13-8-12(22(24)25)5-6-14(13)17/h2-8H,9H2,1H3. The highest BCUT2D eigenvalue weighted by molar-refractivity contribution is 6.33. The third-order valence-corrected chi connectivity index (χ3v) is 3.74. The molecule has 0 spiro atoms. The van der Waals surface area contributed by atoms with Crippen LogP contribution in [0.1, 0.15) is 21.5 Å². The van der Waals surface area contributed by atoms with E-state index in [-0.39, 0.29) is 28.4 Å². The van der Waals surface area contributed by atoms with Gasteiger partial charge in [-0.3, -0.25) is 14.9 Å². The van der Waals surface area contributed by atoms with Crippen molar-refractivity contribution in [2.24, 2.45) is 0 Å². The number of carbonyl (C=O) groups is 1. The lowest BCUT2D eigenvalue weighted by atomic mass is 10.1. The van der Waals surface area contributed by atoms with Gasteiger partial charge in [-0.25, -0.2) is 0 Å². The fraction of sp³-hybridized carbons (Fsp3) is 0.188. The van der Waals surface area contributed by atoms with Gasteiger partial charge in [0.1, 0.15) is 0 Å². The molecule has 0 heterocycles. The van der Waals surface area contributed by atoms with E-state index in [0.717, 1.165) is 29.2 Å². The van der Waals surface area contributed by atoms with Gasteiger partial charge in [-0.1, -0.05) is 23.7 Å². The summed E-state index contributed by atoms with van der Waals surface area (Å²) in [6, 6.07) is 8.00. The molecular formula is C16H12ClF3N2O3. The molecule has 0 fully saturated rings. The quantitative estimate of drug-likeness (QED) is 0.584. The smallest absolute Gasteiger partial charge is 0.337 e. The Morgan fingerprint density at radius 3 is 2.52 bits per heavy atom. The van der Waals surface area contributed by atoms with E-state index in [1.165, 1.54) is 25.2 Å². The molecular weight excluding hydrogens is 361 g/mol. The average Bonchev–Trinajstić information content (AvgIpc) is 2.53. The minimum atomic E-state index is -4.48. The van der Waals surface area contributed by atoms with Gasteiger partial charge in [-0.15, -0.1) is 0 Å². The van der Waals surface area contributed by atoms with Gasteiger partial charge in [-0.05, 0) is 23.8 Å². The van der Waals surface area contributed by atoms with Gasteiger partial charge in [0, 0.05) is 25.7 Å². The van der Waals surface area contributed by atoms with Crippen LogP contribution in [0.4, 0.5) is 18.9 Å². The Bertz CT molecular complexity index is 825. The Kier molecular flexibility index (Phi) is 5.32. The molecule has 0 saturated heterocycles. The van der Waals surface area contributed by atoms with E-state index in [4.69, 9.17) is 11.6 Å². The Hall–Kier alpha value is -2.61. The van der Waals surface area contributed by atoms with Crippen LogP contribution in [0.25, 0.3) is 0 Å². The number of nitrogens with zero attached hydrogens (tertiary/aromatic N) is 2. The summed E-state index contributed by atoms with van der Waals surface area (Å²) in [7, 11) is 1.37. The Morgan fingerprint density at radius 2 is 1.92 bits per heavy atom. The first-order valence-corrected chi connectivity index (χ1v) is 7.33. The number of carbonyl (C=O) groups excluding carboxylic acids is 1. The molecule has 0 aliphatic carbocycles. The van der Waals surface area contributed by atoms with Crippen LogP contribution < -0.4 is 0 Å². The molecule has 5 nitrogen and oxygen atoms in total.